The molecule has 0 aliphatic heterocycles. The Morgan fingerprint density at radius 2 is 1.65 bits per heavy atom. The summed E-state index contributed by atoms with van der Waals surface area (Å²) in [5, 5.41) is 2.25. The first-order chi connectivity index (χ1) is 9.79. The number of hydrogen-bond acceptors (Lipinski definition) is 2. The van der Waals surface area contributed by atoms with Crippen molar-refractivity contribution in [1.82, 2.24) is 5.43 Å². The van der Waals surface area contributed by atoms with Crippen molar-refractivity contribution in [1.29, 1.82) is 0 Å². The van der Waals surface area contributed by atoms with Crippen LogP contribution in [-0.4, -0.2) is 0 Å². The molecule has 0 radical (unpaired) electrons. The normalized spacial score (nSPS) is 12.5. The van der Waals surface area contributed by atoms with E-state index in [0.717, 1.165) is 21.9 Å². The smallest absolute Gasteiger partial charge is 0.123 e. The van der Waals surface area contributed by atoms with E-state index in [-0.39, 0.29) is 11.9 Å². The van der Waals surface area contributed by atoms with Crippen molar-refractivity contribution in [2.24, 2.45) is 5.84 Å². The van der Waals surface area contributed by atoms with Gasteiger partial charge in [-0.25, -0.2) is 9.82 Å². The fourth-order valence-electron chi connectivity index (χ4n) is 2.55. The van der Waals surface area contributed by atoms with E-state index in [2.05, 4.69) is 17.6 Å². The van der Waals surface area contributed by atoms with Crippen LogP contribution in [0.3, 0.4) is 0 Å². The minimum Gasteiger partial charge on any atom is -0.271 e. The van der Waals surface area contributed by atoms with Gasteiger partial charge in [-0.05, 0) is 34.0 Å². The van der Waals surface area contributed by atoms with Crippen molar-refractivity contribution >= 4 is 10.8 Å². The average Bonchev–Trinajstić information content (AvgIpc) is 2.48. The molecule has 1 unspecified atom stereocenters. The van der Waals surface area contributed by atoms with Gasteiger partial charge in [0.05, 0.1) is 6.04 Å². The predicted octanol–water partition coefficient (Wildman–Crippen LogP) is 3.53. The van der Waals surface area contributed by atoms with Gasteiger partial charge in [0.25, 0.3) is 0 Å². The van der Waals surface area contributed by atoms with Crippen molar-refractivity contribution in [2.75, 3.05) is 0 Å². The maximum absolute atomic E-state index is 13.4. The van der Waals surface area contributed by atoms with E-state index in [4.69, 9.17) is 5.84 Å². The lowest BCUT2D eigenvalue weighted by molar-refractivity contribution is 0.607. The van der Waals surface area contributed by atoms with E-state index in [0.29, 0.717) is 0 Å². The maximum Gasteiger partial charge on any atom is 0.123 e. The third-order valence-corrected chi connectivity index (χ3v) is 3.48. The molecule has 0 aliphatic carbocycles. The van der Waals surface area contributed by atoms with Gasteiger partial charge in [0.15, 0.2) is 0 Å². The van der Waals surface area contributed by atoms with Crippen LogP contribution in [0, 0.1) is 5.82 Å². The largest absolute Gasteiger partial charge is 0.271 e. The summed E-state index contributed by atoms with van der Waals surface area (Å²) in [7, 11) is 0. The van der Waals surface area contributed by atoms with Gasteiger partial charge in [0.2, 0.25) is 0 Å². The Morgan fingerprint density at radius 1 is 0.900 bits per heavy atom. The number of hydrazine groups is 1. The Hall–Kier alpha value is -2.23. The van der Waals surface area contributed by atoms with E-state index in [1.165, 1.54) is 12.1 Å². The summed E-state index contributed by atoms with van der Waals surface area (Å²) < 4.78 is 13.4. The quantitative estimate of drug-likeness (QED) is 0.562. The second-order valence-corrected chi connectivity index (χ2v) is 4.72. The van der Waals surface area contributed by atoms with Crippen molar-refractivity contribution < 1.29 is 4.39 Å². The van der Waals surface area contributed by atoms with Crippen LogP contribution in [0.4, 0.5) is 4.39 Å². The standard InChI is InChI=1S/C17H15FN2/c18-14-8-3-7-13(11-14)17(20-19)16-10-4-6-12-5-1-2-9-15(12)16/h1-11,17,20H,19H2. The van der Waals surface area contributed by atoms with Crippen LogP contribution in [0.15, 0.2) is 66.7 Å². The molecule has 0 amide bonds. The average molecular weight is 266 g/mol. The zero-order valence-corrected chi connectivity index (χ0v) is 10.9. The van der Waals surface area contributed by atoms with Crippen molar-refractivity contribution in [3.63, 3.8) is 0 Å². The van der Waals surface area contributed by atoms with Gasteiger partial charge < -0.3 is 0 Å². The molecule has 3 N–H and O–H groups in total. The first-order valence-electron chi connectivity index (χ1n) is 6.49. The molecule has 100 valence electrons. The molecule has 0 spiro atoms. The molecule has 2 nitrogen and oxygen atoms in total. The van der Waals surface area contributed by atoms with Gasteiger partial charge in [-0.15, -0.1) is 0 Å². The Balaban J connectivity index is 2.17. The molecule has 0 bridgehead atoms. The van der Waals surface area contributed by atoms with Gasteiger partial charge in [0, 0.05) is 0 Å². The second kappa shape index (κ2) is 5.41. The Kier molecular flexibility index (Phi) is 3.46. The van der Waals surface area contributed by atoms with Crippen LogP contribution >= 0.6 is 0 Å². The molecule has 3 aromatic rings. The predicted molar refractivity (Wildman–Crippen MR) is 79.5 cm³/mol. The van der Waals surface area contributed by atoms with Gasteiger partial charge in [-0.1, -0.05) is 54.6 Å². The third kappa shape index (κ3) is 2.29. The lowest BCUT2D eigenvalue weighted by Gasteiger charge is -2.19. The molecule has 0 saturated carbocycles. The molecule has 0 fully saturated rings. The molecular weight excluding hydrogens is 251 g/mol. The molecule has 1 atom stereocenters. The van der Waals surface area contributed by atoms with Crippen molar-refractivity contribution in [3.8, 4) is 0 Å². The Bertz CT molecular complexity index is 734. The summed E-state index contributed by atoms with van der Waals surface area (Å²) in [6, 6.07) is 20.4. The Morgan fingerprint density at radius 3 is 2.45 bits per heavy atom. The number of hydrogen-bond donors (Lipinski definition) is 2. The van der Waals surface area contributed by atoms with Crippen LogP contribution in [0.1, 0.15) is 17.2 Å². The monoisotopic (exact) mass is 266 g/mol. The zero-order valence-electron chi connectivity index (χ0n) is 10.9. The lowest BCUT2D eigenvalue weighted by atomic mass is 9.94. The fourth-order valence-corrected chi connectivity index (χ4v) is 2.55. The van der Waals surface area contributed by atoms with E-state index in [1.807, 2.05) is 36.4 Å². The molecule has 20 heavy (non-hydrogen) atoms. The summed E-state index contributed by atoms with van der Waals surface area (Å²) in [5.74, 6) is 5.44. The third-order valence-electron chi connectivity index (χ3n) is 3.48. The van der Waals surface area contributed by atoms with Crippen molar-refractivity contribution in [2.45, 2.75) is 6.04 Å². The summed E-state index contributed by atoms with van der Waals surface area (Å²) >= 11 is 0. The summed E-state index contributed by atoms with van der Waals surface area (Å²) in [5.41, 5.74) is 4.63. The number of benzene rings is 3. The molecule has 0 aromatic heterocycles. The highest BCUT2D eigenvalue weighted by molar-refractivity contribution is 5.86. The highest BCUT2D eigenvalue weighted by Gasteiger charge is 2.15. The van der Waals surface area contributed by atoms with Gasteiger partial charge >= 0.3 is 0 Å². The molecule has 0 heterocycles. The summed E-state index contributed by atoms with van der Waals surface area (Å²) in [6.07, 6.45) is 0. The molecule has 3 rings (SSSR count). The summed E-state index contributed by atoms with van der Waals surface area (Å²) in [6.45, 7) is 0. The maximum atomic E-state index is 13.4. The number of fused-ring (bicyclic) bond motifs is 1. The SMILES string of the molecule is NNC(c1cccc(F)c1)c1cccc2ccccc12. The number of rotatable bonds is 3. The number of nitrogens with two attached hydrogens (primary N) is 1. The summed E-state index contributed by atoms with van der Waals surface area (Å²) in [4.78, 5) is 0. The lowest BCUT2D eigenvalue weighted by Crippen LogP contribution is -2.29. The van der Waals surface area contributed by atoms with E-state index < -0.39 is 0 Å². The van der Waals surface area contributed by atoms with E-state index in [9.17, 15) is 4.39 Å². The van der Waals surface area contributed by atoms with Crippen LogP contribution in [0.5, 0.6) is 0 Å². The van der Waals surface area contributed by atoms with Crippen LogP contribution in [0.25, 0.3) is 10.8 Å². The molecule has 3 heteroatoms. The van der Waals surface area contributed by atoms with Crippen molar-refractivity contribution in [3.05, 3.63) is 83.7 Å². The molecular formula is C17H15FN2. The number of nitrogens with one attached hydrogen (secondary N) is 1. The number of halogens is 1. The Labute approximate surface area is 117 Å². The van der Waals surface area contributed by atoms with Gasteiger partial charge in [-0.3, -0.25) is 5.84 Å². The van der Waals surface area contributed by atoms with E-state index >= 15 is 0 Å². The van der Waals surface area contributed by atoms with Crippen LogP contribution in [-0.2, 0) is 0 Å². The molecule has 0 aliphatic rings. The second-order valence-electron chi connectivity index (χ2n) is 4.72. The zero-order chi connectivity index (χ0) is 13.9. The van der Waals surface area contributed by atoms with Crippen LogP contribution < -0.4 is 11.3 Å². The van der Waals surface area contributed by atoms with E-state index in [1.54, 1.807) is 6.07 Å². The first-order valence-corrected chi connectivity index (χ1v) is 6.49. The van der Waals surface area contributed by atoms with Gasteiger partial charge in [-0.2, -0.15) is 0 Å². The fraction of sp³-hybridized carbons (Fsp3) is 0.0588. The molecule has 0 saturated heterocycles. The molecule has 3 aromatic carbocycles. The minimum atomic E-state index is -0.261. The first kappa shape index (κ1) is 12.8. The highest BCUT2D eigenvalue weighted by atomic mass is 19.1. The van der Waals surface area contributed by atoms with Gasteiger partial charge in [0.1, 0.15) is 5.82 Å². The highest BCUT2D eigenvalue weighted by Crippen LogP contribution is 2.28. The van der Waals surface area contributed by atoms with Crippen LogP contribution in [0.2, 0.25) is 0 Å². The minimum absolute atomic E-state index is 0.239. The topological polar surface area (TPSA) is 38.0 Å².